The van der Waals surface area contributed by atoms with Crippen molar-refractivity contribution in [3.05, 3.63) is 0 Å². The van der Waals surface area contributed by atoms with E-state index in [4.69, 9.17) is 11.6 Å². The number of hydrogen-bond donors (Lipinski definition) is 0. The van der Waals surface area contributed by atoms with Gasteiger partial charge in [0.25, 0.3) is 0 Å². The van der Waals surface area contributed by atoms with Crippen LogP contribution >= 0.6 is 11.6 Å². The second kappa shape index (κ2) is 3.24. The average Bonchev–Trinajstić information content (AvgIpc) is 2.34. The molecule has 0 aromatic heterocycles. The quantitative estimate of drug-likeness (QED) is 0.528. The van der Waals surface area contributed by atoms with Crippen LogP contribution in [0.3, 0.4) is 0 Å². The van der Waals surface area contributed by atoms with E-state index in [-0.39, 0.29) is 5.91 Å². The predicted octanol–water partition coefficient (Wildman–Crippen LogP) is 1.09. The molecule has 1 heterocycles. The zero-order valence-corrected chi connectivity index (χ0v) is 6.90. The first-order valence-electron chi connectivity index (χ1n) is 3.55. The van der Waals surface area contributed by atoms with Gasteiger partial charge in [-0.2, -0.15) is 0 Å². The van der Waals surface area contributed by atoms with Crippen LogP contribution in [-0.2, 0) is 4.79 Å². The molecule has 1 atom stereocenters. The van der Waals surface area contributed by atoms with Crippen molar-refractivity contribution in [1.82, 2.24) is 4.90 Å². The van der Waals surface area contributed by atoms with Crippen LogP contribution in [0.4, 0.5) is 0 Å². The highest BCUT2D eigenvalue weighted by Gasteiger charge is 2.22. The van der Waals surface area contributed by atoms with Crippen LogP contribution in [0.2, 0.25) is 0 Å². The molecule has 58 valence electrons. The maximum Gasteiger partial charge on any atom is 0.219 e. The predicted molar refractivity (Wildman–Crippen MR) is 41.1 cm³/mol. The second-order valence-electron chi connectivity index (χ2n) is 2.77. The standard InChI is InChI=1S/C7H12ClNO/c1-6(10)9-3-2-7(4-8)5-9/h7H,2-5H2,1H3/t7-/m0/s1. The lowest BCUT2D eigenvalue weighted by molar-refractivity contribution is -0.127. The van der Waals surface area contributed by atoms with Gasteiger partial charge in [-0.25, -0.2) is 0 Å². The number of halogens is 1. The van der Waals surface area contributed by atoms with E-state index in [0.717, 1.165) is 19.5 Å². The Morgan fingerprint density at radius 2 is 2.50 bits per heavy atom. The first-order chi connectivity index (χ1) is 4.74. The maximum atomic E-state index is 10.8. The minimum absolute atomic E-state index is 0.174. The highest BCUT2D eigenvalue weighted by atomic mass is 35.5. The molecule has 0 N–H and O–H groups in total. The van der Waals surface area contributed by atoms with Gasteiger partial charge < -0.3 is 4.90 Å². The summed E-state index contributed by atoms with van der Waals surface area (Å²) >= 11 is 5.64. The van der Waals surface area contributed by atoms with Gasteiger partial charge in [-0.05, 0) is 12.3 Å². The van der Waals surface area contributed by atoms with E-state index < -0.39 is 0 Å². The summed E-state index contributed by atoms with van der Waals surface area (Å²) in [6, 6.07) is 0. The first-order valence-corrected chi connectivity index (χ1v) is 4.09. The van der Waals surface area contributed by atoms with Gasteiger partial charge in [0.05, 0.1) is 0 Å². The molecule has 0 aromatic rings. The van der Waals surface area contributed by atoms with Crippen molar-refractivity contribution >= 4 is 17.5 Å². The van der Waals surface area contributed by atoms with E-state index in [0.29, 0.717) is 11.8 Å². The number of carbonyl (C=O) groups is 1. The molecule has 1 aliphatic rings. The topological polar surface area (TPSA) is 20.3 Å². The number of alkyl halides is 1. The SMILES string of the molecule is CC(=O)N1CC[C@@H](CCl)C1. The second-order valence-corrected chi connectivity index (χ2v) is 3.08. The smallest absolute Gasteiger partial charge is 0.219 e. The van der Waals surface area contributed by atoms with E-state index in [1.165, 1.54) is 0 Å². The normalized spacial score (nSPS) is 25.4. The molecular formula is C7H12ClNO. The van der Waals surface area contributed by atoms with Crippen LogP contribution in [-0.4, -0.2) is 29.8 Å². The van der Waals surface area contributed by atoms with Gasteiger partial charge in [0, 0.05) is 25.9 Å². The van der Waals surface area contributed by atoms with Crippen molar-refractivity contribution in [2.24, 2.45) is 5.92 Å². The molecule has 0 spiro atoms. The summed E-state index contributed by atoms with van der Waals surface area (Å²) in [4.78, 5) is 12.6. The van der Waals surface area contributed by atoms with Gasteiger partial charge in [-0.1, -0.05) is 0 Å². The Kier molecular flexibility index (Phi) is 2.55. The van der Waals surface area contributed by atoms with Gasteiger partial charge >= 0.3 is 0 Å². The molecule has 0 radical (unpaired) electrons. The first kappa shape index (κ1) is 7.86. The summed E-state index contributed by atoms with van der Waals surface area (Å²) in [6.45, 7) is 3.36. The van der Waals surface area contributed by atoms with Crippen molar-refractivity contribution in [3.63, 3.8) is 0 Å². The summed E-state index contributed by atoms with van der Waals surface area (Å²) < 4.78 is 0. The molecule has 0 aliphatic carbocycles. The molecule has 0 saturated carbocycles. The Bertz CT molecular complexity index is 138. The largest absolute Gasteiger partial charge is 0.343 e. The third-order valence-electron chi connectivity index (χ3n) is 1.95. The monoisotopic (exact) mass is 161 g/mol. The molecule has 0 unspecified atom stereocenters. The van der Waals surface area contributed by atoms with Crippen molar-refractivity contribution in [1.29, 1.82) is 0 Å². The highest BCUT2D eigenvalue weighted by molar-refractivity contribution is 6.18. The molecule has 10 heavy (non-hydrogen) atoms. The van der Waals surface area contributed by atoms with Crippen LogP contribution in [0.5, 0.6) is 0 Å². The molecule has 1 amide bonds. The Labute approximate surface area is 66.1 Å². The fraction of sp³-hybridized carbons (Fsp3) is 0.857. The Balaban J connectivity index is 2.35. The number of likely N-dealkylation sites (tertiary alicyclic amines) is 1. The van der Waals surface area contributed by atoms with Gasteiger partial charge in [-0.15, -0.1) is 11.6 Å². The van der Waals surface area contributed by atoms with E-state index in [1.807, 2.05) is 4.90 Å². The number of hydrogen-bond acceptors (Lipinski definition) is 1. The van der Waals surface area contributed by atoms with Crippen LogP contribution in [0, 0.1) is 5.92 Å². The van der Waals surface area contributed by atoms with Gasteiger partial charge in [-0.3, -0.25) is 4.79 Å². The number of rotatable bonds is 1. The van der Waals surface area contributed by atoms with Gasteiger partial charge in [0.1, 0.15) is 0 Å². The van der Waals surface area contributed by atoms with Crippen LogP contribution in [0.15, 0.2) is 0 Å². The number of carbonyl (C=O) groups excluding carboxylic acids is 1. The fourth-order valence-electron chi connectivity index (χ4n) is 1.24. The van der Waals surface area contributed by atoms with Crippen molar-refractivity contribution in [2.75, 3.05) is 19.0 Å². The zero-order chi connectivity index (χ0) is 7.56. The lowest BCUT2D eigenvalue weighted by atomic mass is 10.2. The minimum Gasteiger partial charge on any atom is -0.343 e. The molecule has 0 bridgehead atoms. The van der Waals surface area contributed by atoms with Crippen molar-refractivity contribution in [3.8, 4) is 0 Å². The van der Waals surface area contributed by atoms with Crippen molar-refractivity contribution < 1.29 is 4.79 Å². The van der Waals surface area contributed by atoms with Gasteiger partial charge in [0.15, 0.2) is 0 Å². The Morgan fingerprint density at radius 1 is 1.80 bits per heavy atom. The average molecular weight is 162 g/mol. The minimum atomic E-state index is 0.174. The Morgan fingerprint density at radius 3 is 2.80 bits per heavy atom. The molecule has 1 fully saturated rings. The summed E-state index contributed by atoms with van der Waals surface area (Å²) in [5.74, 6) is 1.39. The van der Waals surface area contributed by atoms with E-state index in [1.54, 1.807) is 6.92 Å². The molecule has 0 aromatic carbocycles. The highest BCUT2D eigenvalue weighted by Crippen LogP contribution is 2.16. The van der Waals surface area contributed by atoms with E-state index in [2.05, 4.69) is 0 Å². The maximum absolute atomic E-state index is 10.8. The molecule has 3 heteroatoms. The summed E-state index contributed by atoms with van der Waals surface area (Å²) in [5, 5.41) is 0. The lowest BCUT2D eigenvalue weighted by Gasteiger charge is -2.12. The summed E-state index contributed by atoms with van der Waals surface area (Å²) in [7, 11) is 0. The third-order valence-corrected chi connectivity index (χ3v) is 2.39. The zero-order valence-electron chi connectivity index (χ0n) is 6.14. The third kappa shape index (κ3) is 1.63. The van der Waals surface area contributed by atoms with E-state index >= 15 is 0 Å². The van der Waals surface area contributed by atoms with Crippen molar-refractivity contribution in [2.45, 2.75) is 13.3 Å². The molecular weight excluding hydrogens is 150 g/mol. The molecule has 1 rings (SSSR count). The van der Waals surface area contributed by atoms with Crippen LogP contribution in [0.25, 0.3) is 0 Å². The van der Waals surface area contributed by atoms with Crippen LogP contribution in [0.1, 0.15) is 13.3 Å². The lowest BCUT2D eigenvalue weighted by Crippen LogP contribution is -2.25. The van der Waals surface area contributed by atoms with Crippen LogP contribution < -0.4 is 0 Å². The summed E-state index contributed by atoms with van der Waals surface area (Å²) in [5.41, 5.74) is 0. The fourth-order valence-corrected chi connectivity index (χ4v) is 1.50. The number of amides is 1. The van der Waals surface area contributed by atoms with Gasteiger partial charge in [0.2, 0.25) is 5.91 Å². The van der Waals surface area contributed by atoms with E-state index in [9.17, 15) is 4.79 Å². The molecule has 1 aliphatic heterocycles. The summed E-state index contributed by atoms with van der Waals surface area (Å²) in [6.07, 6.45) is 1.07. The number of nitrogens with zero attached hydrogens (tertiary/aromatic N) is 1. The molecule has 2 nitrogen and oxygen atoms in total. The Hall–Kier alpha value is -0.240. The molecule has 1 saturated heterocycles.